The summed E-state index contributed by atoms with van der Waals surface area (Å²) < 4.78 is 11.1. The average molecular weight is 341 g/mol. The molecule has 0 bridgehead atoms. The van der Waals surface area contributed by atoms with Crippen LogP contribution in [0.5, 0.6) is 0 Å². The van der Waals surface area contributed by atoms with Gasteiger partial charge in [0, 0.05) is 18.8 Å². The summed E-state index contributed by atoms with van der Waals surface area (Å²) in [5.41, 5.74) is -0.675. The second-order valence-electron chi connectivity index (χ2n) is 7.34. The van der Waals surface area contributed by atoms with E-state index in [4.69, 9.17) is 9.47 Å². The third-order valence-electron chi connectivity index (χ3n) is 4.85. The molecular weight excluding hydrogens is 304 g/mol. The fourth-order valence-electron chi connectivity index (χ4n) is 3.27. The number of hydrogen-bond donors (Lipinski definition) is 0. The van der Waals surface area contributed by atoms with Crippen LogP contribution in [0.1, 0.15) is 91.4 Å². The van der Waals surface area contributed by atoms with E-state index in [1.165, 1.54) is 32.1 Å². The zero-order valence-corrected chi connectivity index (χ0v) is 15.9. The van der Waals surface area contributed by atoms with E-state index >= 15 is 0 Å². The number of carbonyl (C=O) groups excluding carboxylic acids is 2. The SMILES string of the molecule is CCCCCCCCCC(=O)OCC1COC(C)(C(=O)CCC)C1. The predicted octanol–water partition coefficient (Wildman–Crippen LogP) is 4.83. The highest BCUT2D eigenvalue weighted by Crippen LogP contribution is 2.32. The summed E-state index contributed by atoms with van der Waals surface area (Å²) in [5, 5.41) is 0. The standard InChI is InChI=1S/C20H36O4/c1-4-6-7-8-9-10-11-13-19(22)23-15-17-14-20(3,24-16-17)18(21)12-5-2/h17H,4-16H2,1-3H3. The van der Waals surface area contributed by atoms with Gasteiger partial charge in [0.2, 0.25) is 0 Å². The maximum absolute atomic E-state index is 12.1. The van der Waals surface area contributed by atoms with Crippen LogP contribution in [0.25, 0.3) is 0 Å². The van der Waals surface area contributed by atoms with Crippen molar-refractivity contribution >= 4 is 11.8 Å². The van der Waals surface area contributed by atoms with E-state index in [2.05, 4.69) is 6.92 Å². The van der Waals surface area contributed by atoms with Gasteiger partial charge in [0.25, 0.3) is 0 Å². The molecule has 24 heavy (non-hydrogen) atoms. The Morgan fingerprint density at radius 1 is 1.00 bits per heavy atom. The summed E-state index contributed by atoms with van der Waals surface area (Å²) in [4.78, 5) is 23.9. The average Bonchev–Trinajstić information content (AvgIpc) is 2.95. The Bertz CT molecular complexity index is 380. The summed E-state index contributed by atoms with van der Waals surface area (Å²) in [7, 11) is 0. The minimum Gasteiger partial charge on any atom is -0.465 e. The predicted molar refractivity (Wildman–Crippen MR) is 95.9 cm³/mol. The molecule has 1 saturated heterocycles. The van der Waals surface area contributed by atoms with E-state index in [0.717, 1.165) is 19.3 Å². The van der Waals surface area contributed by atoms with Gasteiger partial charge < -0.3 is 9.47 Å². The summed E-state index contributed by atoms with van der Waals surface area (Å²) in [6, 6.07) is 0. The van der Waals surface area contributed by atoms with Crippen molar-refractivity contribution in [2.45, 2.75) is 97.0 Å². The third kappa shape index (κ3) is 7.78. The monoisotopic (exact) mass is 340 g/mol. The largest absolute Gasteiger partial charge is 0.465 e. The Morgan fingerprint density at radius 2 is 1.67 bits per heavy atom. The van der Waals surface area contributed by atoms with Crippen LogP contribution in [-0.4, -0.2) is 30.6 Å². The molecule has 0 saturated carbocycles. The van der Waals surface area contributed by atoms with Gasteiger partial charge in [0.1, 0.15) is 5.60 Å². The van der Waals surface area contributed by atoms with Crippen molar-refractivity contribution in [3.05, 3.63) is 0 Å². The van der Waals surface area contributed by atoms with Gasteiger partial charge in [0.05, 0.1) is 13.2 Å². The molecule has 0 amide bonds. The third-order valence-corrected chi connectivity index (χ3v) is 4.85. The zero-order valence-electron chi connectivity index (χ0n) is 15.9. The first-order valence-electron chi connectivity index (χ1n) is 9.84. The Kier molecular flexibility index (Phi) is 10.2. The van der Waals surface area contributed by atoms with Crippen molar-refractivity contribution < 1.29 is 19.1 Å². The van der Waals surface area contributed by atoms with Gasteiger partial charge in [-0.05, 0) is 26.2 Å². The maximum Gasteiger partial charge on any atom is 0.305 e. The molecular formula is C20H36O4. The number of ether oxygens (including phenoxy) is 2. The molecule has 1 aliphatic heterocycles. The summed E-state index contributed by atoms with van der Waals surface area (Å²) in [6.07, 6.45) is 11.0. The van der Waals surface area contributed by atoms with E-state index in [1.807, 2.05) is 13.8 Å². The molecule has 1 rings (SSSR count). The van der Waals surface area contributed by atoms with E-state index < -0.39 is 5.60 Å². The van der Waals surface area contributed by atoms with Crippen LogP contribution in [0.2, 0.25) is 0 Å². The fraction of sp³-hybridized carbons (Fsp3) is 0.900. The van der Waals surface area contributed by atoms with Crippen molar-refractivity contribution in [2.75, 3.05) is 13.2 Å². The van der Waals surface area contributed by atoms with Gasteiger partial charge in [-0.2, -0.15) is 0 Å². The van der Waals surface area contributed by atoms with E-state index in [9.17, 15) is 9.59 Å². The Balaban J connectivity index is 2.10. The van der Waals surface area contributed by atoms with Crippen LogP contribution in [0.4, 0.5) is 0 Å². The van der Waals surface area contributed by atoms with Crippen LogP contribution in [0.15, 0.2) is 0 Å². The first-order chi connectivity index (χ1) is 11.5. The van der Waals surface area contributed by atoms with E-state index in [-0.39, 0.29) is 17.7 Å². The highest BCUT2D eigenvalue weighted by Gasteiger charge is 2.41. The molecule has 0 aromatic rings. The topological polar surface area (TPSA) is 52.6 Å². The summed E-state index contributed by atoms with van der Waals surface area (Å²) >= 11 is 0. The molecule has 0 N–H and O–H groups in total. The molecule has 1 fully saturated rings. The van der Waals surface area contributed by atoms with Crippen LogP contribution in [0.3, 0.4) is 0 Å². The van der Waals surface area contributed by atoms with Gasteiger partial charge in [-0.15, -0.1) is 0 Å². The van der Waals surface area contributed by atoms with E-state index in [0.29, 0.717) is 32.5 Å². The van der Waals surface area contributed by atoms with Gasteiger partial charge in [-0.1, -0.05) is 52.4 Å². The van der Waals surface area contributed by atoms with Crippen molar-refractivity contribution in [2.24, 2.45) is 5.92 Å². The summed E-state index contributed by atoms with van der Waals surface area (Å²) in [5.74, 6) is 0.202. The molecule has 0 spiro atoms. The number of Topliss-reactive ketones (excluding diaryl/α,β-unsaturated/α-hetero) is 1. The molecule has 0 aromatic carbocycles. The number of rotatable bonds is 13. The Morgan fingerprint density at radius 3 is 2.33 bits per heavy atom. The first-order valence-corrected chi connectivity index (χ1v) is 9.84. The lowest BCUT2D eigenvalue weighted by Crippen LogP contribution is -2.34. The molecule has 4 heteroatoms. The first kappa shape index (κ1) is 21.1. The second kappa shape index (κ2) is 11.6. The van der Waals surface area contributed by atoms with Gasteiger partial charge >= 0.3 is 5.97 Å². The van der Waals surface area contributed by atoms with Crippen molar-refractivity contribution in [3.8, 4) is 0 Å². The molecule has 4 nitrogen and oxygen atoms in total. The minimum absolute atomic E-state index is 0.114. The molecule has 1 heterocycles. The minimum atomic E-state index is -0.675. The van der Waals surface area contributed by atoms with Gasteiger partial charge in [-0.3, -0.25) is 9.59 Å². The smallest absolute Gasteiger partial charge is 0.305 e. The second-order valence-corrected chi connectivity index (χ2v) is 7.34. The molecule has 0 aliphatic carbocycles. The zero-order chi connectivity index (χ0) is 17.8. The van der Waals surface area contributed by atoms with Crippen molar-refractivity contribution in [1.82, 2.24) is 0 Å². The lowest BCUT2D eigenvalue weighted by molar-refractivity contribution is -0.145. The van der Waals surface area contributed by atoms with Crippen molar-refractivity contribution in [1.29, 1.82) is 0 Å². The molecule has 1 aliphatic rings. The summed E-state index contributed by atoms with van der Waals surface area (Å²) in [6.45, 7) is 6.97. The van der Waals surface area contributed by atoms with Crippen LogP contribution in [-0.2, 0) is 19.1 Å². The maximum atomic E-state index is 12.1. The van der Waals surface area contributed by atoms with Crippen LogP contribution < -0.4 is 0 Å². The molecule has 140 valence electrons. The Labute approximate surface area is 147 Å². The normalized spacial score (nSPS) is 23.4. The lowest BCUT2D eigenvalue weighted by Gasteiger charge is -2.21. The van der Waals surface area contributed by atoms with Gasteiger partial charge in [0.15, 0.2) is 5.78 Å². The van der Waals surface area contributed by atoms with Crippen molar-refractivity contribution in [3.63, 3.8) is 0 Å². The number of carbonyl (C=O) groups is 2. The Hall–Kier alpha value is -0.900. The number of unbranched alkanes of at least 4 members (excludes halogenated alkanes) is 6. The van der Waals surface area contributed by atoms with Crippen LogP contribution >= 0.6 is 0 Å². The molecule has 0 radical (unpaired) electrons. The van der Waals surface area contributed by atoms with Gasteiger partial charge in [-0.25, -0.2) is 0 Å². The highest BCUT2D eigenvalue weighted by molar-refractivity contribution is 5.87. The van der Waals surface area contributed by atoms with Crippen LogP contribution in [0, 0.1) is 5.92 Å². The quantitative estimate of drug-likeness (QED) is 0.356. The molecule has 0 aromatic heterocycles. The fourth-order valence-corrected chi connectivity index (χ4v) is 3.27. The van der Waals surface area contributed by atoms with E-state index in [1.54, 1.807) is 0 Å². The number of ketones is 1. The number of hydrogen-bond acceptors (Lipinski definition) is 4. The highest BCUT2D eigenvalue weighted by atomic mass is 16.5. The number of esters is 1. The molecule has 2 atom stereocenters. The lowest BCUT2D eigenvalue weighted by atomic mass is 9.90. The molecule has 2 unspecified atom stereocenters.